The Bertz CT molecular complexity index is 189. The summed E-state index contributed by atoms with van der Waals surface area (Å²) < 4.78 is 0. The first-order valence-corrected chi connectivity index (χ1v) is 4.62. The molecule has 0 spiro atoms. The van der Waals surface area contributed by atoms with Crippen LogP contribution in [0.5, 0.6) is 0 Å². The zero-order valence-electron chi connectivity index (χ0n) is 7.79. The molecule has 1 atom stereocenters. The molecule has 0 aromatic rings. The van der Waals surface area contributed by atoms with E-state index in [0.717, 1.165) is 25.8 Å². The average molecular weight is 168 g/mol. The van der Waals surface area contributed by atoms with Crippen LogP contribution < -0.4 is 0 Å². The molecule has 12 heavy (non-hydrogen) atoms. The second-order valence-electron chi connectivity index (χ2n) is 3.06. The van der Waals surface area contributed by atoms with E-state index in [1.807, 2.05) is 11.8 Å². The Morgan fingerprint density at radius 3 is 3.00 bits per heavy atom. The standard InChI is InChI=1S/C9H16N2O/c1-3-5-8-6-7-10-9(12)11(8)4-2/h7-8H,3-6H2,1-2H3. The van der Waals surface area contributed by atoms with Crippen LogP contribution in [0.3, 0.4) is 0 Å². The summed E-state index contributed by atoms with van der Waals surface area (Å²) in [6.07, 6.45) is 4.89. The number of amides is 2. The SMILES string of the molecule is CCCC1CC=NC(=O)N1CC. The molecule has 0 bridgehead atoms. The van der Waals surface area contributed by atoms with Gasteiger partial charge < -0.3 is 4.90 Å². The van der Waals surface area contributed by atoms with Crippen molar-refractivity contribution >= 4 is 12.2 Å². The van der Waals surface area contributed by atoms with Crippen molar-refractivity contribution in [1.29, 1.82) is 0 Å². The second kappa shape index (κ2) is 4.24. The molecular weight excluding hydrogens is 152 g/mol. The summed E-state index contributed by atoms with van der Waals surface area (Å²) >= 11 is 0. The van der Waals surface area contributed by atoms with Crippen molar-refractivity contribution in [2.45, 2.75) is 39.2 Å². The minimum Gasteiger partial charge on any atom is -0.320 e. The van der Waals surface area contributed by atoms with E-state index < -0.39 is 0 Å². The molecule has 2 amide bonds. The van der Waals surface area contributed by atoms with Crippen LogP contribution in [-0.2, 0) is 0 Å². The fourth-order valence-electron chi connectivity index (χ4n) is 1.61. The molecule has 0 saturated heterocycles. The molecule has 3 nitrogen and oxygen atoms in total. The van der Waals surface area contributed by atoms with E-state index in [2.05, 4.69) is 11.9 Å². The highest BCUT2D eigenvalue weighted by Crippen LogP contribution is 2.14. The molecule has 0 fully saturated rings. The molecule has 1 aliphatic heterocycles. The Hall–Kier alpha value is -0.860. The molecule has 1 aliphatic rings. The maximum absolute atomic E-state index is 11.2. The van der Waals surface area contributed by atoms with Crippen LogP contribution in [0.2, 0.25) is 0 Å². The molecule has 0 aromatic carbocycles. The largest absolute Gasteiger partial charge is 0.343 e. The van der Waals surface area contributed by atoms with Gasteiger partial charge in [0.1, 0.15) is 0 Å². The third-order valence-electron chi connectivity index (χ3n) is 2.23. The van der Waals surface area contributed by atoms with Gasteiger partial charge in [0.25, 0.3) is 0 Å². The van der Waals surface area contributed by atoms with Gasteiger partial charge in [-0.05, 0) is 13.3 Å². The minimum absolute atomic E-state index is 0.0674. The third-order valence-corrected chi connectivity index (χ3v) is 2.23. The summed E-state index contributed by atoms with van der Waals surface area (Å²) in [4.78, 5) is 16.9. The summed E-state index contributed by atoms with van der Waals surface area (Å²) in [5, 5.41) is 0. The Morgan fingerprint density at radius 1 is 1.67 bits per heavy atom. The number of carbonyl (C=O) groups excluding carboxylic acids is 1. The zero-order chi connectivity index (χ0) is 8.97. The van der Waals surface area contributed by atoms with Crippen LogP contribution in [0.1, 0.15) is 33.1 Å². The van der Waals surface area contributed by atoms with E-state index in [-0.39, 0.29) is 6.03 Å². The van der Waals surface area contributed by atoms with Gasteiger partial charge in [0, 0.05) is 25.2 Å². The summed E-state index contributed by atoms with van der Waals surface area (Å²) in [7, 11) is 0. The highest BCUT2D eigenvalue weighted by molar-refractivity contribution is 5.86. The maximum Gasteiger partial charge on any atom is 0.343 e. The summed E-state index contributed by atoms with van der Waals surface area (Å²) in [6.45, 7) is 4.92. The highest BCUT2D eigenvalue weighted by Gasteiger charge is 2.22. The second-order valence-corrected chi connectivity index (χ2v) is 3.06. The Labute approximate surface area is 73.5 Å². The summed E-state index contributed by atoms with van der Waals surface area (Å²) in [5.41, 5.74) is 0. The van der Waals surface area contributed by atoms with Gasteiger partial charge in [0.05, 0.1) is 0 Å². The quantitative estimate of drug-likeness (QED) is 0.635. The van der Waals surface area contributed by atoms with Crippen molar-refractivity contribution in [2.24, 2.45) is 4.99 Å². The van der Waals surface area contributed by atoms with Crippen molar-refractivity contribution in [1.82, 2.24) is 4.90 Å². The monoisotopic (exact) mass is 168 g/mol. The Balaban J connectivity index is 2.61. The lowest BCUT2D eigenvalue weighted by atomic mass is 10.1. The fourth-order valence-corrected chi connectivity index (χ4v) is 1.61. The number of rotatable bonds is 3. The van der Waals surface area contributed by atoms with Gasteiger partial charge in [0.15, 0.2) is 0 Å². The fraction of sp³-hybridized carbons (Fsp3) is 0.778. The number of aliphatic imine (C=N–C) groups is 1. The van der Waals surface area contributed by atoms with Crippen molar-refractivity contribution in [3.05, 3.63) is 0 Å². The van der Waals surface area contributed by atoms with Gasteiger partial charge in [0.2, 0.25) is 0 Å². The van der Waals surface area contributed by atoms with Crippen LogP contribution in [0.4, 0.5) is 4.79 Å². The molecule has 1 rings (SSSR count). The first-order valence-electron chi connectivity index (χ1n) is 4.62. The molecular formula is C9H16N2O. The summed E-state index contributed by atoms with van der Waals surface area (Å²) in [5.74, 6) is 0. The van der Waals surface area contributed by atoms with E-state index in [9.17, 15) is 4.79 Å². The smallest absolute Gasteiger partial charge is 0.320 e. The summed E-state index contributed by atoms with van der Waals surface area (Å²) in [6, 6.07) is 0.326. The van der Waals surface area contributed by atoms with Gasteiger partial charge in [-0.25, -0.2) is 9.79 Å². The maximum atomic E-state index is 11.2. The van der Waals surface area contributed by atoms with Crippen molar-refractivity contribution in [3.63, 3.8) is 0 Å². The van der Waals surface area contributed by atoms with Gasteiger partial charge in [-0.3, -0.25) is 0 Å². The van der Waals surface area contributed by atoms with Crippen LogP contribution in [0.15, 0.2) is 4.99 Å². The zero-order valence-corrected chi connectivity index (χ0v) is 7.79. The molecule has 3 heteroatoms. The lowest BCUT2D eigenvalue weighted by Crippen LogP contribution is -2.41. The van der Waals surface area contributed by atoms with E-state index in [1.54, 1.807) is 6.21 Å². The van der Waals surface area contributed by atoms with Gasteiger partial charge in [-0.2, -0.15) is 0 Å². The van der Waals surface area contributed by atoms with Gasteiger partial charge in [-0.1, -0.05) is 13.3 Å². The van der Waals surface area contributed by atoms with E-state index in [0.29, 0.717) is 6.04 Å². The molecule has 1 heterocycles. The molecule has 68 valence electrons. The number of nitrogens with zero attached hydrogens (tertiary/aromatic N) is 2. The van der Waals surface area contributed by atoms with Crippen LogP contribution in [0, 0.1) is 0 Å². The molecule has 0 saturated carbocycles. The number of carbonyl (C=O) groups is 1. The van der Waals surface area contributed by atoms with Gasteiger partial charge in [-0.15, -0.1) is 0 Å². The normalized spacial score (nSPS) is 23.3. The first-order chi connectivity index (χ1) is 5.79. The van der Waals surface area contributed by atoms with E-state index >= 15 is 0 Å². The Kier molecular flexibility index (Phi) is 3.26. The third kappa shape index (κ3) is 1.84. The lowest BCUT2D eigenvalue weighted by molar-refractivity contribution is 0.182. The van der Waals surface area contributed by atoms with Gasteiger partial charge >= 0.3 is 6.03 Å². The number of hydrogen-bond donors (Lipinski definition) is 0. The number of urea groups is 1. The molecule has 0 aromatic heterocycles. The highest BCUT2D eigenvalue weighted by atomic mass is 16.2. The van der Waals surface area contributed by atoms with Crippen LogP contribution >= 0.6 is 0 Å². The van der Waals surface area contributed by atoms with E-state index in [4.69, 9.17) is 0 Å². The molecule has 0 aliphatic carbocycles. The van der Waals surface area contributed by atoms with Crippen molar-refractivity contribution in [3.8, 4) is 0 Å². The predicted octanol–water partition coefficient (Wildman–Crippen LogP) is 2.07. The predicted molar refractivity (Wildman–Crippen MR) is 49.6 cm³/mol. The average Bonchev–Trinajstić information content (AvgIpc) is 2.05. The molecule has 1 unspecified atom stereocenters. The Morgan fingerprint density at radius 2 is 2.42 bits per heavy atom. The van der Waals surface area contributed by atoms with E-state index in [1.165, 1.54) is 0 Å². The topological polar surface area (TPSA) is 32.7 Å². The minimum atomic E-state index is -0.0674. The van der Waals surface area contributed by atoms with Crippen LogP contribution in [0.25, 0.3) is 0 Å². The van der Waals surface area contributed by atoms with Crippen molar-refractivity contribution < 1.29 is 4.79 Å². The lowest BCUT2D eigenvalue weighted by Gasteiger charge is -2.30. The molecule has 0 radical (unpaired) electrons. The van der Waals surface area contributed by atoms with Crippen LogP contribution in [-0.4, -0.2) is 29.7 Å². The number of hydrogen-bond acceptors (Lipinski definition) is 1. The van der Waals surface area contributed by atoms with Crippen molar-refractivity contribution in [2.75, 3.05) is 6.54 Å². The first kappa shape index (κ1) is 9.23. The molecule has 0 N–H and O–H groups in total.